The summed E-state index contributed by atoms with van der Waals surface area (Å²) in [5, 5.41) is 0. The zero-order valence-corrected chi connectivity index (χ0v) is 26.5. The number of hydrogen-bond acceptors (Lipinski definition) is 2. The molecule has 0 saturated carbocycles. The molecule has 196 valence electrons. The van der Waals surface area contributed by atoms with Crippen LogP contribution >= 0.6 is 0 Å². The summed E-state index contributed by atoms with van der Waals surface area (Å²) >= 11 is -4.29. The first kappa shape index (κ1) is 27.9. The Labute approximate surface area is 230 Å². The SMILES string of the molecule is CCc1cccc([O][Zr]([O]c2cccc(CC)c2)([C]2=C(C(C)(C)C)C=CC2)[C]2=C(C(C)(C)C)C=CC2)c1. The van der Waals surface area contributed by atoms with Crippen LogP contribution in [-0.2, 0) is 34.0 Å². The van der Waals surface area contributed by atoms with Crippen LogP contribution in [0, 0.1) is 10.8 Å². The molecule has 2 aromatic carbocycles. The van der Waals surface area contributed by atoms with Crippen molar-refractivity contribution in [3.63, 3.8) is 0 Å². The second kappa shape index (κ2) is 10.9. The molecule has 0 N–H and O–H groups in total. The van der Waals surface area contributed by atoms with E-state index in [-0.39, 0.29) is 10.8 Å². The molecule has 0 bridgehead atoms. The maximum atomic E-state index is 7.43. The van der Waals surface area contributed by atoms with Crippen LogP contribution in [0.1, 0.15) is 79.4 Å². The van der Waals surface area contributed by atoms with Crippen LogP contribution in [0.5, 0.6) is 11.5 Å². The number of rotatable bonds is 8. The van der Waals surface area contributed by atoms with Crippen LogP contribution in [-0.4, -0.2) is 0 Å². The molecule has 2 aromatic rings. The number of hydrogen-bond donors (Lipinski definition) is 0. The second-order valence-electron chi connectivity index (χ2n) is 12.3. The third-order valence-electron chi connectivity index (χ3n) is 7.41. The van der Waals surface area contributed by atoms with Crippen molar-refractivity contribution >= 4 is 0 Å². The van der Waals surface area contributed by atoms with Crippen LogP contribution < -0.4 is 5.63 Å². The Morgan fingerprint density at radius 3 is 1.41 bits per heavy atom. The van der Waals surface area contributed by atoms with Crippen LogP contribution in [0.25, 0.3) is 0 Å². The molecule has 0 spiro atoms. The molecule has 0 fully saturated rings. The summed E-state index contributed by atoms with van der Waals surface area (Å²) in [5.74, 6) is 1.87. The average Bonchev–Trinajstić information content (AvgIpc) is 3.54. The van der Waals surface area contributed by atoms with Crippen molar-refractivity contribution in [2.75, 3.05) is 0 Å². The van der Waals surface area contributed by atoms with Gasteiger partial charge in [0.1, 0.15) is 0 Å². The zero-order chi connectivity index (χ0) is 26.8. The van der Waals surface area contributed by atoms with E-state index in [1.54, 1.807) is 0 Å². The summed E-state index contributed by atoms with van der Waals surface area (Å²) in [5.41, 5.74) is 5.35. The molecule has 0 atom stereocenters. The molecule has 0 amide bonds. The summed E-state index contributed by atoms with van der Waals surface area (Å²) in [6.45, 7) is 18.3. The fraction of sp³-hybridized carbons (Fsp3) is 0.412. The minimum absolute atomic E-state index is 0.00223. The Morgan fingerprint density at radius 1 is 0.649 bits per heavy atom. The summed E-state index contributed by atoms with van der Waals surface area (Å²) in [6.07, 6.45) is 13.0. The van der Waals surface area contributed by atoms with Crippen molar-refractivity contribution in [3.8, 4) is 11.5 Å². The Kier molecular flexibility index (Phi) is 8.25. The molecule has 0 aliphatic heterocycles. The van der Waals surface area contributed by atoms with Gasteiger partial charge in [-0.15, -0.1) is 0 Å². The topological polar surface area (TPSA) is 18.5 Å². The zero-order valence-electron chi connectivity index (χ0n) is 24.1. The summed E-state index contributed by atoms with van der Waals surface area (Å²) in [7, 11) is 0. The van der Waals surface area contributed by atoms with Gasteiger partial charge < -0.3 is 0 Å². The van der Waals surface area contributed by atoms with E-state index in [0.717, 1.165) is 37.2 Å². The quantitative estimate of drug-likeness (QED) is 0.312. The van der Waals surface area contributed by atoms with Gasteiger partial charge in [-0.25, -0.2) is 0 Å². The van der Waals surface area contributed by atoms with Gasteiger partial charge in [0.25, 0.3) is 0 Å². The fourth-order valence-electron chi connectivity index (χ4n) is 5.48. The number of benzene rings is 2. The molecule has 2 nitrogen and oxygen atoms in total. The van der Waals surface area contributed by atoms with E-state index < -0.39 is 21.1 Å². The standard InChI is InChI=1S/2C9H13.2C8H10O.Zr/c2*1-9(2,3)8-6-4-5-7-8;2*1-2-7-4-3-5-8(9)6-7;/h2*4,6H,5H2,1-3H3;2*3-6,9H,2H2,1H3;/q;;;;+2/p-2. The molecule has 0 saturated heterocycles. The minimum atomic E-state index is -4.29. The Hall–Kier alpha value is -2.12. The Bertz CT molecular complexity index is 1160. The number of allylic oxidation sites excluding steroid dienone is 8. The molecule has 2 aliphatic rings. The summed E-state index contributed by atoms with van der Waals surface area (Å²) in [6, 6.07) is 17.3. The van der Waals surface area contributed by atoms with Crippen molar-refractivity contribution < 1.29 is 26.8 Å². The van der Waals surface area contributed by atoms with Crippen LogP contribution in [0.15, 0.2) is 90.5 Å². The van der Waals surface area contributed by atoms with Gasteiger partial charge >= 0.3 is 232 Å². The first-order chi connectivity index (χ1) is 17.5. The molecule has 37 heavy (non-hydrogen) atoms. The second-order valence-corrected chi connectivity index (χ2v) is 19.3. The normalized spacial score (nSPS) is 16.2. The van der Waals surface area contributed by atoms with Gasteiger partial charge in [-0.3, -0.25) is 0 Å². The van der Waals surface area contributed by atoms with Crippen molar-refractivity contribution in [2.24, 2.45) is 10.8 Å². The van der Waals surface area contributed by atoms with E-state index in [1.165, 1.54) is 28.8 Å². The molecule has 0 heterocycles. The van der Waals surface area contributed by atoms with E-state index in [2.05, 4.69) is 128 Å². The van der Waals surface area contributed by atoms with Crippen molar-refractivity contribution in [1.29, 1.82) is 0 Å². The van der Waals surface area contributed by atoms with Gasteiger partial charge in [0, 0.05) is 0 Å². The molecule has 0 radical (unpaired) electrons. The molecule has 0 unspecified atom stereocenters. The third-order valence-corrected chi connectivity index (χ3v) is 16.2. The van der Waals surface area contributed by atoms with Gasteiger partial charge in [0.05, 0.1) is 0 Å². The van der Waals surface area contributed by atoms with E-state index in [0.29, 0.717) is 0 Å². The third kappa shape index (κ3) is 5.98. The van der Waals surface area contributed by atoms with Gasteiger partial charge in [-0.05, 0) is 0 Å². The van der Waals surface area contributed by atoms with Crippen LogP contribution in [0.4, 0.5) is 0 Å². The maximum absolute atomic E-state index is 7.43. The molecule has 3 heteroatoms. The summed E-state index contributed by atoms with van der Waals surface area (Å²) < 4.78 is 17.7. The molecule has 4 rings (SSSR count). The van der Waals surface area contributed by atoms with Crippen LogP contribution in [0.3, 0.4) is 0 Å². The van der Waals surface area contributed by atoms with Gasteiger partial charge in [0.15, 0.2) is 0 Å². The number of aryl methyl sites for hydroxylation is 2. The van der Waals surface area contributed by atoms with E-state index >= 15 is 0 Å². The van der Waals surface area contributed by atoms with Crippen molar-refractivity contribution in [1.82, 2.24) is 0 Å². The van der Waals surface area contributed by atoms with Crippen LogP contribution in [0.2, 0.25) is 0 Å². The Balaban J connectivity index is 2.03. The van der Waals surface area contributed by atoms with Gasteiger partial charge in [0.2, 0.25) is 0 Å². The fourth-order valence-corrected chi connectivity index (χ4v) is 15.8. The average molecular weight is 576 g/mol. The molecular weight excluding hydrogens is 532 g/mol. The first-order valence-corrected chi connectivity index (χ1v) is 18.3. The van der Waals surface area contributed by atoms with E-state index in [9.17, 15) is 0 Å². The molecule has 0 aromatic heterocycles. The van der Waals surface area contributed by atoms with Gasteiger partial charge in [-0.1, -0.05) is 0 Å². The predicted molar refractivity (Wildman–Crippen MR) is 153 cm³/mol. The monoisotopic (exact) mass is 574 g/mol. The first-order valence-electron chi connectivity index (χ1n) is 13.8. The molecule has 2 aliphatic carbocycles. The molecular formula is C34H44O2Zr. The van der Waals surface area contributed by atoms with E-state index in [4.69, 9.17) is 5.63 Å². The predicted octanol–water partition coefficient (Wildman–Crippen LogP) is 9.77. The van der Waals surface area contributed by atoms with Crippen molar-refractivity contribution in [3.05, 3.63) is 102 Å². The Morgan fingerprint density at radius 2 is 1.05 bits per heavy atom. The van der Waals surface area contributed by atoms with E-state index in [1.807, 2.05) is 0 Å². The summed E-state index contributed by atoms with van der Waals surface area (Å²) in [4.78, 5) is 0. The van der Waals surface area contributed by atoms with Gasteiger partial charge in [-0.2, -0.15) is 0 Å². The van der Waals surface area contributed by atoms with Crippen molar-refractivity contribution in [2.45, 2.75) is 81.1 Å².